The minimum atomic E-state index is -3.96. The smallest absolute Gasteiger partial charge is 0.311 e. The summed E-state index contributed by atoms with van der Waals surface area (Å²) in [6.07, 6.45) is 0.878. The number of rotatable bonds is 12. The maximum Gasteiger partial charge on any atom is 0.311 e. The third kappa shape index (κ3) is 8.44. The highest BCUT2D eigenvalue weighted by Crippen LogP contribution is 2.29. The van der Waals surface area contributed by atoms with Crippen molar-refractivity contribution in [2.24, 2.45) is 5.73 Å². The molecule has 14 heteroatoms. The Morgan fingerprint density at radius 1 is 1.02 bits per heavy atom. The van der Waals surface area contributed by atoms with E-state index >= 15 is 0 Å². The first-order valence-corrected chi connectivity index (χ1v) is 17.4. The van der Waals surface area contributed by atoms with Crippen LogP contribution >= 0.6 is 11.3 Å². The number of amidine groups is 1. The molecule has 0 bridgehead atoms. The van der Waals surface area contributed by atoms with E-state index in [-0.39, 0.29) is 46.7 Å². The second kappa shape index (κ2) is 14.8. The van der Waals surface area contributed by atoms with Crippen molar-refractivity contribution in [1.82, 2.24) is 10.2 Å². The lowest BCUT2D eigenvalue weighted by molar-refractivity contribution is -0.142. The van der Waals surface area contributed by atoms with Gasteiger partial charge in [-0.2, -0.15) is 0 Å². The first kappa shape index (κ1) is 34.3. The highest BCUT2D eigenvalue weighted by Gasteiger charge is 2.30. The summed E-state index contributed by atoms with van der Waals surface area (Å²) in [7, 11) is -3.96. The fourth-order valence-corrected chi connectivity index (χ4v) is 7.47. The Hall–Kier alpha value is -5.08. The molecule has 0 saturated carbocycles. The van der Waals surface area contributed by atoms with Gasteiger partial charge in [0.15, 0.2) is 0 Å². The molecule has 1 aliphatic heterocycles. The maximum atomic E-state index is 14.0. The summed E-state index contributed by atoms with van der Waals surface area (Å²) in [5, 5.41) is 10.5. The van der Waals surface area contributed by atoms with E-state index in [1.54, 1.807) is 48.2 Å². The standard InChI is InChI=1S/C34H34FN5O6S2/c1-2-46-31(41)19-27-18-24-20-40(16-15-30(24)47-27)34(43)29(38-33(42)23-7-5-22(6-8-23)32(36)37)17-21-3-11-26(12-4-21)39-48(44,45)28-13-9-25(35)10-14-28/h3-14,18,29,39H,2,15-17,19-20H2,1H3,(H3,36,37)(H,38,42). The van der Waals surface area contributed by atoms with E-state index in [1.807, 2.05) is 6.07 Å². The largest absolute Gasteiger partial charge is 0.466 e. The van der Waals surface area contributed by atoms with Gasteiger partial charge in [-0.25, -0.2) is 12.8 Å². The number of sulfonamides is 1. The molecule has 2 amide bonds. The van der Waals surface area contributed by atoms with Gasteiger partial charge in [0.2, 0.25) is 5.91 Å². The number of nitrogen functional groups attached to an aromatic ring is 1. The third-order valence-corrected chi connectivity index (χ3v) is 10.3. The molecule has 1 unspecified atom stereocenters. The monoisotopic (exact) mass is 691 g/mol. The number of ether oxygens (including phenoxy) is 1. The highest BCUT2D eigenvalue weighted by atomic mass is 32.2. The van der Waals surface area contributed by atoms with Crippen LogP contribution in [0.5, 0.6) is 0 Å². The van der Waals surface area contributed by atoms with Gasteiger partial charge in [-0.3, -0.25) is 24.5 Å². The van der Waals surface area contributed by atoms with E-state index in [2.05, 4.69) is 10.0 Å². The van der Waals surface area contributed by atoms with Crippen molar-refractivity contribution in [3.05, 3.63) is 117 Å². The molecule has 5 N–H and O–H groups in total. The zero-order valence-electron chi connectivity index (χ0n) is 26.0. The van der Waals surface area contributed by atoms with Gasteiger partial charge in [-0.1, -0.05) is 24.3 Å². The third-order valence-electron chi connectivity index (χ3n) is 7.68. The van der Waals surface area contributed by atoms with Gasteiger partial charge in [0.25, 0.3) is 15.9 Å². The Morgan fingerprint density at radius 2 is 1.69 bits per heavy atom. The molecule has 0 saturated heterocycles. The summed E-state index contributed by atoms with van der Waals surface area (Å²) in [5.41, 5.74) is 8.15. The number of carbonyl (C=O) groups is 3. The number of nitrogens with two attached hydrogens (primary N) is 1. The van der Waals surface area contributed by atoms with E-state index in [0.717, 1.165) is 27.5 Å². The number of nitrogens with one attached hydrogen (secondary N) is 3. The summed E-state index contributed by atoms with van der Waals surface area (Å²) < 4.78 is 46.3. The zero-order valence-corrected chi connectivity index (χ0v) is 27.6. The first-order chi connectivity index (χ1) is 22.9. The molecule has 0 spiro atoms. The number of hydrogen-bond acceptors (Lipinski definition) is 8. The molecule has 0 radical (unpaired) electrons. The van der Waals surface area contributed by atoms with E-state index in [4.69, 9.17) is 15.9 Å². The molecular formula is C34H34FN5O6S2. The van der Waals surface area contributed by atoms with Gasteiger partial charge in [-0.05, 0) is 79.1 Å². The van der Waals surface area contributed by atoms with Crippen molar-refractivity contribution in [2.75, 3.05) is 17.9 Å². The molecule has 1 aromatic heterocycles. The van der Waals surface area contributed by atoms with Crippen LogP contribution in [0.4, 0.5) is 10.1 Å². The second-order valence-electron chi connectivity index (χ2n) is 11.1. The molecular weight excluding hydrogens is 658 g/mol. The average molecular weight is 692 g/mol. The number of amides is 2. The van der Waals surface area contributed by atoms with E-state index in [9.17, 15) is 27.2 Å². The Bertz CT molecular complexity index is 1930. The van der Waals surface area contributed by atoms with Gasteiger partial charge in [-0.15, -0.1) is 11.3 Å². The van der Waals surface area contributed by atoms with Gasteiger partial charge in [0.1, 0.15) is 17.7 Å². The number of esters is 1. The summed E-state index contributed by atoms with van der Waals surface area (Å²) >= 11 is 1.53. The quantitative estimate of drug-likeness (QED) is 0.0988. The molecule has 250 valence electrons. The Labute approximate surface area is 281 Å². The number of nitrogens with zero attached hydrogens (tertiary/aromatic N) is 1. The van der Waals surface area contributed by atoms with Crippen LogP contribution in [-0.2, 0) is 50.2 Å². The lowest BCUT2D eigenvalue weighted by atomic mass is 10.0. The van der Waals surface area contributed by atoms with Crippen molar-refractivity contribution in [3.8, 4) is 0 Å². The summed E-state index contributed by atoms with van der Waals surface area (Å²) in [5.74, 6) is -1.79. The number of anilines is 1. The lowest BCUT2D eigenvalue weighted by Gasteiger charge is -2.31. The van der Waals surface area contributed by atoms with Gasteiger partial charge in [0, 0.05) is 46.1 Å². The van der Waals surface area contributed by atoms with Gasteiger partial charge in [0.05, 0.1) is 17.9 Å². The van der Waals surface area contributed by atoms with Crippen LogP contribution in [0.25, 0.3) is 0 Å². The minimum absolute atomic E-state index is 0.0963. The minimum Gasteiger partial charge on any atom is -0.466 e. The van der Waals surface area contributed by atoms with Crippen molar-refractivity contribution >= 4 is 50.7 Å². The summed E-state index contributed by atoms with van der Waals surface area (Å²) in [6, 6.07) is 18.0. The second-order valence-corrected chi connectivity index (χ2v) is 14.0. The van der Waals surface area contributed by atoms with Crippen LogP contribution in [0.3, 0.4) is 0 Å². The summed E-state index contributed by atoms with van der Waals surface area (Å²) in [4.78, 5) is 42.9. The average Bonchev–Trinajstić information content (AvgIpc) is 3.46. The molecule has 5 rings (SSSR count). The number of thiophene rings is 1. The van der Waals surface area contributed by atoms with E-state index < -0.39 is 27.8 Å². The predicted octanol–water partition coefficient (Wildman–Crippen LogP) is 4.00. The van der Waals surface area contributed by atoms with E-state index in [1.165, 1.54) is 35.6 Å². The van der Waals surface area contributed by atoms with Crippen LogP contribution in [0, 0.1) is 11.2 Å². The first-order valence-electron chi connectivity index (χ1n) is 15.1. The van der Waals surface area contributed by atoms with Crippen LogP contribution < -0.4 is 15.8 Å². The fourth-order valence-electron chi connectivity index (χ4n) is 5.26. The van der Waals surface area contributed by atoms with E-state index in [0.29, 0.717) is 37.2 Å². The number of hydrogen-bond donors (Lipinski definition) is 4. The summed E-state index contributed by atoms with van der Waals surface area (Å²) in [6.45, 7) is 2.80. The molecule has 3 aromatic carbocycles. The number of benzene rings is 3. The van der Waals surface area contributed by atoms with Crippen molar-refractivity contribution in [3.63, 3.8) is 0 Å². The molecule has 2 heterocycles. The maximum absolute atomic E-state index is 14.0. The molecule has 0 aliphatic carbocycles. The van der Waals surface area contributed by atoms with Crippen LogP contribution in [0.15, 0.2) is 83.8 Å². The van der Waals surface area contributed by atoms with Crippen molar-refractivity contribution < 1.29 is 31.9 Å². The van der Waals surface area contributed by atoms with Gasteiger partial charge >= 0.3 is 5.97 Å². The number of halogens is 1. The van der Waals surface area contributed by atoms with Crippen molar-refractivity contribution in [1.29, 1.82) is 5.41 Å². The molecule has 48 heavy (non-hydrogen) atoms. The van der Waals surface area contributed by atoms with Gasteiger partial charge < -0.3 is 20.7 Å². The molecule has 4 aromatic rings. The molecule has 0 fully saturated rings. The van der Waals surface area contributed by atoms with Crippen LogP contribution in [0.1, 0.15) is 43.7 Å². The lowest BCUT2D eigenvalue weighted by Crippen LogP contribution is -2.50. The number of carbonyl (C=O) groups excluding carboxylic acids is 3. The van der Waals surface area contributed by atoms with Crippen LogP contribution in [-0.4, -0.2) is 56.1 Å². The number of fused-ring (bicyclic) bond motifs is 1. The molecule has 11 nitrogen and oxygen atoms in total. The molecule has 1 aliphatic rings. The normalized spacial score (nSPS) is 13.2. The van der Waals surface area contributed by atoms with Crippen molar-refractivity contribution in [2.45, 2.75) is 43.7 Å². The Kier molecular flexibility index (Phi) is 10.5. The predicted molar refractivity (Wildman–Crippen MR) is 180 cm³/mol. The van der Waals surface area contributed by atoms with Crippen LogP contribution in [0.2, 0.25) is 0 Å². The Morgan fingerprint density at radius 3 is 2.33 bits per heavy atom. The SMILES string of the molecule is CCOC(=O)Cc1cc2c(s1)CCN(C(=O)C(Cc1ccc(NS(=O)(=O)c3ccc(F)cc3)cc1)NC(=O)c1ccc(C(=N)N)cc1)C2. The highest BCUT2D eigenvalue weighted by molar-refractivity contribution is 7.92. The molecule has 1 atom stereocenters. The fraction of sp³-hybridized carbons (Fsp3) is 0.235. The Balaban J connectivity index is 1.33. The zero-order chi connectivity index (χ0) is 34.4. The topological polar surface area (TPSA) is 172 Å².